The second-order valence-corrected chi connectivity index (χ2v) is 5.58. The Morgan fingerprint density at radius 1 is 1.26 bits per heavy atom. The van der Waals surface area contributed by atoms with Gasteiger partial charge < -0.3 is 10.2 Å². The molecule has 2 rings (SSSR count). The lowest BCUT2D eigenvalue weighted by Crippen LogP contribution is -2.28. The molecule has 1 aromatic carbocycles. The van der Waals surface area contributed by atoms with Crippen LogP contribution in [0.4, 0.5) is 0 Å². The van der Waals surface area contributed by atoms with Crippen LogP contribution in [0.25, 0.3) is 0 Å². The molecular formula is C14H18Cl2N2O. The van der Waals surface area contributed by atoms with Gasteiger partial charge in [-0.05, 0) is 37.1 Å². The Kier molecular flexibility index (Phi) is 5.49. The molecule has 0 aromatic heterocycles. The van der Waals surface area contributed by atoms with Crippen LogP contribution >= 0.6 is 23.2 Å². The lowest BCUT2D eigenvalue weighted by molar-refractivity contribution is -0.127. The third-order valence-electron chi connectivity index (χ3n) is 3.27. The minimum atomic E-state index is 0.296. The molecule has 0 spiro atoms. The average molecular weight is 301 g/mol. The summed E-state index contributed by atoms with van der Waals surface area (Å²) in [6.45, 7) is 3.44. The molecule has 1 aliphatic heterocycles. The second kappa shape index (κ2) is 7.13. The first-order chi connectivity index (χ1) is 9.16. The maximum atomic E-state index is 11.4. The van der Waals surface area contributed by atoms with Crippen molar-refractivity contribution in [3.05, 3.63) is 33.8 Å². The third-order valence-corrected chi connectivity index (χ3v) is 4.01. The zero-order valence-corrected chi connectivity index (χ0v) is 12.3. The number of carbonyl (C=O) groups excluding carboxylic acids is 1. The van der Waals surface area contributed by atoms with Crippen molar-refractivity contribution in [2.24, 2.45) is 0 Å². The van der Waals surface area contributed by atoms with Crippen molar-refractivity contribution >= 4 is 29.1 Å². The summed E-state index contributed by atoms with van der Waals surface area (Å²) < 4.78 is 0. The van der Waals surface area contributed by atoms with Crippen molar-refractivity contribution < 1.29 is 4.79 Å². The van der Waals surface area contributed by atoms with E-state index in [1.807, 2.05) is 23.1 Å². The SMILES string of the molecule is O=C1CCCN1CCCNCc1ccc(Cl)c(Cl)c1. The number of benzene rings is 1. The number of halogens is 2. The molecule has 1 N–H and O–H groups in total. The van der Waals surface area contributed by atoms with Gasteiger partial charge in [-0.15, -0.1) is 0 Å². The zero-order valence-electron chi connectivity index (χ0n) is 10.8. The standard InChI is InChI=1S/C14H18Cl2N2O/c15-12-5-4-11(9-13(12)16)10-17-6-2-8-18-7-1-3-14(18)19/h4-5,9,17H,1-3,6-8,10H2. The van der Waals surface area contributed by atoms with Crippen molar-refractivity contribution in [1.29, 1.82) is 0 Å². The van der Waals surface area contributed by atoms with E-state index in [9.17, 15) is 4.79 Å². The molecule has 0 unspecified atom stereocenters. The molecule has 3 nitrogen and oxygen atoms in total. The molecule has 0 atom stereocenters. The molecule has 0 aliphatic carbocycles. The van der Waals surface area contributed by atoms with E-state index in [0.29, 0.717) is 16.0 Å². The van der Waals surface area contributed by atoms with Crippen LogP contribution in [0.2, 0.25) is 10.0 Å². The Bertz CT molecular complexity index is 451. The molecule has 0 radical (unpaired) electrons. The number of carbonyl (C=O) groups is 1. The first-order valence-corrected chi connectivity index (χ1v) is 7.35. The Morgan fingerprint density at radius 3 is 2.79 bits per heavy atom. The highest BCUT2D eigenvalue weighted by Crippen LogP contribution is 2.22. The maximum absolute atomic E-state index is 11.4. The van der Waals surface area contributed by atoms with E-state index < -0.39 is 0 Å². The molecule has 19 heavy (non-hydrogen) atoms. The smallest absolute Gasteiger partial charge is 0.222 e. The van der Waals surface area contributed by atoms with Gasteiger partial charge >= 0.3 is 0 Å². The van der Waals surface area contributed by atoms with Gasteiger partial charge in [0.2, 0.25) is 5.91 Å². The largest absolute Gasteiger partial charge is 0.343 e. The fourth-order valence-corrected chi connectivity index (χ4v) is 2.54. The minimum absolute atomic E-state index is 0.296. The van der Waals surface area contributed by atoms with Crippen molar-refractivity contribution in [3.63, 3.8) is 0 Å². The van der Waals surface area contributed by atoms with Gasteiger partial charge in [0.25, 0.3) is 0 Å². The van der Waals surface area contributed by atoms with Gasteiger partial charge in [-0.2, -0.15) is 0 Å². The molecule has 1 fully saturated rings. The van der Waals surface area contributed by atoms with Crippen LogP contribution in [0.15, 0.2) is 18.2 Å². The third kappa shape index (κ3) is 4.37. The predicted octanol–water partition coefficient (Wildman–Crippen LogP) is 3.10. The van der Waals surface area contributed by atoms with E-state index in [0.717, 1.165) is 51.0 Å². The van der Waals surface area contributed by atoms with Crippen LogP contribution in [0.5, 0.6) is 0 Å². The molecule has 104 valence electrons. The van der Waals surface area contributed by atoms with E-state index in [2.05, 4.69) is 5.32 Å². The summed E-state index contributed by atoms with van der Waals surface area (Å²) in [6.07, 6.45) is 2.71. The van der Waals surface area contributed by atoms with Crippen LogP contribution < -0.4 is 5.32 Å². The van der Waals surface area contributed by atoms with Crippen LogP contribution in [0.1, 0.15) is 24.8 Å². The number of rotatable bonds is 6. The molecular weight excluding hydrogens is 283 g/mol. The summed E-state index contributed by atoms with van der Waals surface area (Å²) in [7, 11) is 0. The van der Waals surface area contributed by atoms with Gasteiger partial charge in [0.15, 0.2) is 0 Å². The van der Waals surface area contributed by atoms with E-state index in [1.165, 1.54) is 0 Å². The predicted molar refractivity (Wildman–Crippen MR) is 78.6 cm³/mol. The topological polar surface area (TPSA) is 32.3 Å². The Balaban J connectivity index is 1.63. The Labute approximate surface area is 123 Å². The summed E-state index contributed by atoms with van der Waals surface area (Å²) in [5.41, 5.74) is 1.12. The van der Waals surface area contributed by atoms with Gasteiger partial charge in [-0.3, -0.25) is 4.79 Å². The first-order valence-electron chi connectivity index (χ1n) is 6.59. The summed E-state index contributed by atoms with van der Waals surface area (Å²) in [5.74, 6) is 0.296. The Hall–Kier alpha value is -0.770. The number of likely N-dealkylation sites (tertiary alicyclic amines) is 1. The van der Waals surface area contributed by atoms with E-state index >= 15 is 0 Å². The summed E-state index contributed by atoms with van der Waals surface area (Å²) in [4.78, 5) is 13.4. The maximum Gasteiger partial charge on any atom is 0.222 e. The highest BCUT2D eigenvalue weighted by molar-refractivity contribution is 6.42. The number of nitrogens with one attached hydrogen (secondary N) is 1. The first kappa shape index (κ1) is 14.6. The monoisotopic (exact) mass is 300 g/mol. The van der Waals surface area contributed by atoms with Crippen LogP contribution in [0.3, 0.4) is 0 Å². The highest BCUT2D eigenvalue weighted by Gasteiger charge is 2.18. The number of amides is 1. The van der Waals surface area contributed by atoms with Crippen molar-refractivity contribution in [2.75, 3.05) is 19.6 Å². The quantitative estimate of drug-likeness (QED) is 0.819. The normalized spacial score (nSPS) is 15.3. The van der Waals surface area contributed by atoms with Crippen LogP contribution in [-0.4, -0.2) is 30.4 Å². The summed E-state index contributed by atoms with van der Waals surface area (Å²) >= 11 is 11.8. The fourth-order valence-electron chi connectivity index (χ4n) is 2.22. The minimum Gasteiger partial charge on any atom is -0.343 e. The Morgan fingerprint density at radius 2 is 2.11 bits per heavy atom. The number of nitrogens with zero attached hydrogens (tertiary/aromatic N) is 1. The summed E-state index contributed by atoms with van der Waals surface area (Å²) in [5, 5.41) is 4.52. The molecule has 1 aromatic rings. The number of hydrogen-bond donors (Lipinski definition) is 1. The second-order valence-electron chi connectivity index (χ2n) is 4.76. The lowest BCUT2D eigenvalue weighted by atomic mass is 10.2. The molecule has 0 bridgehead atoms. The van der Waals surface area contributed by atoms with Crippen LogP contribution in [0, 0.1) is 0 Å². The molecule has 5 heteroatoms. The van der Waals surface area contributed by atoms with Gasteiger partial charge in [-0.25, -0.2) is 0 Å². The highest BCUT2D eigenvalue weighted by atomic mass is 35.5. The van der Waals surface area contributed by atoms with E-state index in [1.54, 1.807) is 0 Å². The van der Waals surface area contributed by atoms with Crippen LogP contribution in [-0.2, 0) is 11.3 Å². The summed E-state index contributed by atoms with van der Waals surface area (Å²) in [6, 6.07) is 5.65. The van der Waals surface area contributed by atoms with Gasteiger partial charge in [0, 0.05) is 26.1 Å². The lowest BCUT2D eigenvalue weighted by Gasteiger charge is -2.15. The van der Waals surface area contributed by atoms with Gasteiger partial charge in [0.05, 0.1) is 10.0 Å². The van der Waals surface area contributed by atoms with E-state index in [-0.39, 0.29) is 0 Å². The molecule has 1 amide bonds. The molecule has 0 saturated carbocycles. The fraction of sp³-hybridized carbons (Fsp3) is 0.500. The van der Waals surface area contributed by atoms with Crippen molar-refractivity contribution in [3.8, 4) is 0 Å². The van der Waals surface area contributed by atoms with E-state index in [4.69, 9.17) is 23.2 Å². The molecule has 1 heterocycles. The molecule has 1 aliphatic rings. The molecule has 1 saturated heterocycles. The zero-order chi connectivity index (χ0) is 13.7. The number of hydrogen-bond acceptors (Lipinski definition) is 2. The van der Waals surface area contributed by atoms with Crippen molar-refractivity contribution in [1.82, 2.24) is 10.2 Å². The van der Waals surface area contributed by atoms with Gasteiger partial charge in [0.1, 0.15) is 0 Å². The van der Waals surface area contributed by atoms with Crippen molar-refractivity contribution in [2.45, 2.75) is 25.8 Å². The average Bonchev–Trinajstić information content (AvgIpc) is 2.79. The van der Waals surface area contributed by atoms with Gasteiger partial charge in [-0.1, -0.05) is 29.3 Å².